The van der Waals surface area contributed by atoms with E-state index in [1.54, 1.807) is 0 Å². The van der Waals surface area contributed by atoms with Crippen LogP contribution in [0.2, 0.25) is 0 Å². The van der Waals surface area contributed by atoms with Gasteiger partial charge in [0.1, 0.15) is 0 Å². The predicted molar refractivity (Wildman–Crippen MR) is 104 cm³/mol. The van der Waals surface area contributed by atoms with E-state index in [2.05, 4.69) is 29.8 Å². The van der Waals surface area contributed by atoms with E-state index >= 15 is 0 Å². The molecule has 0 radical (unpaired) electrons. The quantitative estimate of drug-likeness (QED) is 0.252. The second kappa shape index (κ2) is 11.6. The van der Waals surface area contributed by atoms with Crippen LogP contribution in [0.4, 0.5) is 0 Å². The van der Waals surface area contributed by atoms with Gasteiger partial charge in [0, 0.05) is 18.6 Å². The molecule has 0 aromatic rings. The molecule has 0 aromatic carbocycles. The average molecular weight is 432 g/mol. The Balaban J connectivity index is 2.83. The molecule has 0 bridgehead atoms. The molecule has 0 unspecified atom stereocenters. The van der Waals surface area contributed by atoms with Crippen molar-refractivity contribution in [2.24, 2.45) is 11.3 Å². The lowest BCUT2D eigenvalue weighted by atomic mass is 9.67. The van der Waals surface area contributed by atoms with Gasteiger partial charge < -0.3 is 9.47 Å². The highest BCUT2D eigenvalue weighted by atomic mass is 79.9. The van der Waals surface area contributed by atoms with E-state index in [0.717, 1.165) is 45.7 Å². The average Bonchev–Trinajstić information content (AvgIpc) is 2.52. The van der Waals surface area contributed by atoms with Gasteiger partial charge in [-0.3, -0.25) is 0 Å². The van der Waals surface area contributed by atoms with Crippen LogP contribution in [0, 0.1) is 11.3 Å². The van der Waals surface area contributed by atoms with E-state index in [1.807, 2.05) is 0 Å². The van der Waals surface area contributed by atoms with Crippen molar-refractivity contribution < 1.29 is 9.47 Å². The summed E-state index contributed by atoms with van der Waals surface area (Å²) in [5.41, 5.74) is 0.0353. The molecular formula is C18H33BrCl2O2. The van der Waals surface area contributed by atoms with Crippen molar-refractivity contribution in [3.63, 3.8) is 0 Å². The lowest BCUT2D eigenvalue weighted by molar-refractivity contribution is -0.0700. The molecule has 1 rings (SSSR count). The number of rotatable bonds is 12. The van der Waals surface area contributed by atoms with Crippen LogP contribution in [0.25, 0.3) is 0 Å². The lowest BCUT2D eigenvalue weighted by Gasteiger charge is -2.43. The second-order valence-corrected chi connectivity index (χ2v) is 10.7. The van der Waals surface area contributed by atoms with Crippen molar-refractivity contribution in [1.82, 2.24) is 0 Å². The van der Waals surface area contributed by atoms with Crippen molar-refractivity contribution in [1.29, 1.82) is 0 Å². The fourth-order valence-corrected chi connectivity index (χ4v) is 3.96. The van der Waals surface area contributed by atoms with Gasteiger partial charge in [0.2, 0.25) is 0 Å². The van der Waals surface area contributed by atoms with E-state index in [-0.39, 0.29) is 5.41 Å². The highest BCUT2D eigenvalue weighted by molar-refractivity contribution is 9.11. The Morgan fingerprint density at radius 1 is 0.913 bits per heavy atom. The summed E-state index contributed by atoms with van der Waals surface area (Å²) in [4.78, 5) is 0. The maximum atomic E-state index is 6.20. The Bertz CT molecular complexity index is 292. The van der Waals surface area contributed by atoms with Gasteiger partial charge >= 0.3 is 0 Å². The van der Waals surface area contributed by atoms with E-state index < -0.39 is 3.24 Å². The fourth-order valence-electron chi connectivity index (χ4n) is 3.57. The summed E-state index contributed by atoms with van der Waals surface area (Å²) >= 11 is 15.8. The molecule has 2 nitrogen and oxygen atoms in total. The highest BCUT2D eigenvalue weighted by Gasteiger charge is 2.41. The van der Waals surface area contributed by atoms with Gasteiger partial charge in [-0.05, 0) is 60.4 Å². The van der Waals surface area contributed by atoms with Crippen LogP contribution < -0.4 is 0 Å². The van der Waals surface area contributed by atoms with Crippen LogP contribution >= 0.6 is 39.1 Å². The summed E-state index contributed by atoms with van der Waals surface area (Å²) in [5.74, 6) is 0.646. The Labute approximate surface area is 161 Å². The van der Waals surface area contributed by atoms with Gasteiger partial charge in [0.25, 0.3) is 0 Å². The number of halogens is 3. The van der Waals surface area contributed by atoms with Gasteiger partial charge in [-0.2, -0.15) is 0 Å². The first-order chi connectivity index (χ1) is 10.9. The lowest BCUT2D eigenvalue weighted by Crippen LogP contribution is -2.42. The van der Waals surface area contributed by atoms with Crippen LogP contribution in [-0.4, -0.2) is 29.7 Å². The third-order valence-corrected chi connectivity index (χ3v) is 5.63. The zero-order valence-corrected chi connectivity index (χ0v) is 17.8. The minimum Gasteiger partial charge on any atom is -0.381 e. The maximum Gasteiger partial charge on any atom is 0.172 e. The molecule has 5 heteroatoms. The summed E-state index contributed by atoms with van der Waals surface area (Å²) in [5, 5.41) is 0. The second-order valence-electron chi connectivity index (χ2n) is 6.92. The topological polar surface area (TPSA) is 18.5 Å². The smallest absolute Gasteiger partial charge is 0.172 e. The Morgan fingerprint density at radius 2 is 1.43 bits per heavy atom. The van der Waals surface area contributed by atoms with E-state index in [9.17, 15) is 0 Å². The number of hydrogen-bond acceptors (Lipinski definition) is 2. The zero-order valence-electron chi connectivity index (χ0n) is 14.7. The monoisotopic (exact) mass is 430 g/mol. The summed E-state index contributed by atoms with van der Waals surface area (Å²) in [6, 6.07) is 0. The van der Waals surface area contributed by atoms with Gasteiger partial charge in [-0.15, -0.1) is 0 Å². The van der Waals surface area contributed by atoms with Crippen molar-refractivity contribution in [2.45, 2.75) is 74.9 Å². The Hall–Kier alpha value is 0.980. The molecule has 0 atom stereocenters. The summed E-state index contributed by atoms with van der Waals surface area (Å²) in [7, 11) is 0. The summed E-state index contributed by atoms with van der Waals surface area (Å²) < 4.78 is 11.2. The van der Waals surface area contributed by atoms with Gasteiger partial charge in [-0.25, -0.2) is 0 Å². The van der Waals surface area contributed by atoms with Crippen molar-refractivity contribution in [2.75, 3.05) is 26.4 Å². The standard InChI is InChI=1S/C18H33BrCl2O2/c1-3-12-22-14-17(15-23-13-4-2,10-11-18(19,20)21)16-8-6-5-7-9-16/h16H,3-15H2,1-2H3. The van der Waals surface area contributed by atoms with Crippen LogP contribution in [0.1, 0.15) is 71.6 Å². The molecule has 0 spiro atoms. The Kier molecular flexibility index (Phi) is 11.1. The molecule has 0 aliphatic heterocycles. The molecular weight excluding hydrogens is 399 g/mol. The fraction of sp³-hybridized carbons (Fsp3) is 1.00. The zero-order chi connectivity index (χ0) is 17.2. The first-order valence-electron chi connectivity index (χ1n) is 9.16. The predicted octanol–water partition coefficient (Wildman–Crippen LogP) is 6.71. The first kappa shape index (κ1) is 22.0. The van der Waals surface area contributed by atoms with Crippen molar-refractivity contribution >= 4 is 39.1 Å². The van der Waals surface area contributed by atoms with E-state index in [0.29, 0.717) is 12.3 Å². The molecule has 23 heavy (non-hydrogen) atoms. The van der Waals surface area contributed by atoms with Crippen LogP contribution in [0.5, 0.6) is 0 Å². The number of alkyl halides is 3. The van der Waals surface area contributed by atoms with E-state index in [1.165, 1.54) is 32.1 Å². The summed E-state index contributed by atoms with van der Waals surface area (Å²) in [6.45, 7) is 7.43. The summed E-state index contributed by atoms with van der Waals surface area (Å²) in [6.07, 6.45) is 10.3. The molecule has 0 amide bonds. The third-order valence-electron chi connectivity index (χ3n) is 4.85. The molecule has 1 fully saturated rings. The molecule has 138 valence electrons. The minimum atomic E-state index is -0.859. The van der Waals surface area contributed by atoms with Crippen molar-refractivity contribution in [3.05, 3.63) is 0 Å². The normalized spacial score (nSPS) is 17.6. The molecule has 1 aliphatic carbocycles. The molecule has 0 heterocycles. The molecule has 0 aromatic heterocycles. The highest BCUT2D eigenvalue weighted by Crippen LogP contribution is 2.46. The van der Waals surface area contributed by atoms with Crippen molar-refractivity contribution in [3.8, 4) is 0 Å². The third kappa shape index (κ3) is 8.76. The van der Waals surface area contributed by atoms with Gasteiger partial charge in [0.05, 0.1) is 13.2 Å². The maximum absolute atomic E-state index is 6.20. The number of hydrogen-bond donors (Lipinski definition) is 0. The SMILES string of the molecule is CCCOCC(CCC(Cl)(Cl)Br)(COCCC)C1CCCCC1. The molecule has 0 saturated heterocycles. The minimum absolute atomic E-state index is 0.0353. The Morgan fingerprint density at radius 3 is 1.87 bits per heavy atom. The van der Waals surface area contributed by atoms with Crippen LogP contribution in [-0.2, 0) is 9.47 Å². The van der Waals surface area contributed by atoms with Crippen LogP contribution in [0.3, 0.4) is 0 Å². The molecule has 1 saturated carbocycles. The first-order valence-corrected chi connectivity index (χ1v) is 10.7. The molecule has 1 aliphatic rings. The number of ether oxygens (including phenoxy) is 2. The van der Waals surface area contributed by atoms with E-state index in [4.69, 9.17) is 32.7 Å². The van der Waals surface area contributed by atoms with Crippen LogP contribution in [0.15, 0.2) is 0 Å². The van der Waals surface area contributed by atoms with Gasteiger partial charge in [0.15, 0.2) is 3.24 Å². The van der Waals surface area contributed by atoms with Gasteiger partial charge in [-0.1, -0.05) is 56.3 Å². The largest absolute Gasteiger partial charge is 0.381 e. The molecule has 0 N–H and O–H groups in total.